The summed E-state index contributed by atoms with van der Waals surface area (Å²) < 4.78 is 0. The molecule has 0 fully saturated rings. The minimum absolute atomic E-state index is 0. The molecule has 0 saturated heterocycles. The van der Waals surface area contributed by atoms with Gasteiger partial charge in [0.2, 0.25) is 0 Å². The normalized spacial score (nSPS) is 10.3. The summed E-state index contributed by atoms with van der Waals surface area (Å²) in [6.45, 7) is 2.01. The van der Waals surface area contributed by atoms with Gasteiger partial charge >= 0.3 is 0 Å². The number of nitrogens with zero attached hydrogens (tertiary/aromatic N) is 1. The highest BCUT2D eigenvalue weighted by Crippen LogP contribution is 2.31. The fourth-order valence-corrected chi connectivity index (χ4v) is 2.96. The summed E-state index contributed by atoms with van der Waals surface area (Å²) in [6.07, 6.45) is 1.80. The average Bonchev–Trinajstić information content (AvgIpc) is 2.65. The number of aromatic hydroxyl groups is 1. The first kappa shape index (κ1) is 17.8. The lowest BCUT2D eigenvalue weighted by Crippen LogP contribution is -1.95. The molecule has 0 radical (unpaired) electrons. The number of hydrogen-bond acceptors (Lipinski definition) is 3. The molecule has 130 valence electrons. The second-order valence-corrected chi connectivity index (χ2v) is 6.08. The number of hydrogen-bond donors (Lipinski definition) is 2. The Balaban J connectivity index is 0.00000196. The van der Waals surface area contributed by atoms with Gasteiger partial charge in [-0.1, -0.05) is 48.5 Å². The van der Waals surface area contributed by atoms with Crippen LogP contribution in [-0.2, 0) is 0 Å². The third kappa shape index (κ3) is 3.48. The van der Waals surface area contributed by atoms with E-state index in [4.69, 9.17) is 0 Å². The Morgan fingerprint density at radius 1 is 0.808 bits per heavy atom. The number of fused-ring (bicyclic) bond motifs is 1. The topological polar surface area (TPSA) is 45.1 Å². The second-order valence-electron chi connectivity index (χ2n) is 6.08. The number of phenolic OH excluding ortho intramolecular Hbond substituents is 1. The molecule has 3 nitrogen and oxygen atoms in total. The minimum Gasteiger partial charge on any atom is -0.508 e. The number of nitrogens with one attached hydrogen (secondary N) is 1. The SMILES string of the molecule is Cc1ccc(O)cc1Nc1ccnc2cc(-c3ccccc3)ccc12.Cl. The van der Waals surface area contributed by atoms with Gasteiger partial charge in [0.1, 0.15) is 5.75 Å². The fraction of sp³-hybridized carbons (Fsp3) is 0.0455. The Morgan fingerprint density at radius 3 is 2.42 bits per heavy atom. The number of aromatic nitrogens is 1. The number of aryl methyl sites for hydroxylation is 1. The number of benzene rings is 3. The molecule has 0 atom stereocenters. The molecule has 4 heteroatoms. The largest absolute Gasteiger partial charge is 0.508 e. The minimum atomic E-state index is 0. The summed E-state index contributed by atoms with van der Waals surface area (Å²) in [5.74, 6) is 0.248. The number of pyridine rings is 1. The first-order valence-corrected chi connectivity index (χ1v) is 8.21. The van der Waals surface area contributed by atoms with Crippen LogP contribution in [0.3, 0.4) is 0 Å². The highest BCUT2D eigenvalue weighted by molar-refractivity contribution is 5.95. The molecule has 0 aliphatic rings. The molecule has 3 aromatic carbocycles. The maximum absolute atomic E-state index is 9.74. The smallest absolute Gasteiger partial charge is 0.117 e. The van der Waals surface area contributed by atoms with Crippen molar-refractivity contribution in [2.24, 2.45) is 0 Å². The van der Waals surface area contributed by atoms with Crippen LogP contribution >= 0.6 is 12.4 Å². The molecular formula is C22H19ClN2O. The molecule has 0 unspecified atom stereocenters. The van der Waals surface area contributed by atoms with Gasteiger partial charge in [0.25, 0.3) is 0 Å². The Hall–Kier alpha value is -3.04. The standard InChI is InChI=1S/C22H18N2O.ClH/c1-15-7-9-18(25)14-21(15)24-20-11-12-23-22-13-17(8-10-19(20)22)16-5-3-2-4-6-16;/h2-14,25H,1H3,(H,23,24);1H. The van der Waals surface area contributed by atoms with Gasteiger partial charge in [-0.2, -0.15) is 0 Å². The van der Waals surface area contributed by atoms with E-state index in [0.717, 1.165) is 33.4 Å². The molecule has 0 saturated carbocycles. The summed E-state index contributed by atoms with van der Waals surface area (Å²) in [5, 5.41) is 14.2. The van der Waals surface area contributed by atoms with E-state index in [1.54, 1.807) is 18.3 Å². The maximum atomic E-state index is 9.74. The molecule has 0 spiro atoms. The Labute approximate surface area is 158 Å². The quantitative estimate of drug-likeness (QED) is 0.464. The lowest BCUT2D eigenvalue weighted by molar-refractivity contribution is 0.475. The van der Waals surface area contributed by atoms with Crippen molar-refractivity contribution in [2.45, 2.75) is 6.92 Å². The van der Waals surface area contributed by atoms with E-state index >= 15 is 0 Å². The maximum Gasteiger partial charge on any atom is 0.117 e. The van der Waals surface area contributed by atoms with E-state index < -0.39 is 0 Å². The monoisotopic (exact) mass is 362 g/mol. The van der Waals surface area contributed by atoms with Crippen molar-refractivity contribution in [3.63, 3.8) is 0 Å². The molecule has 0 amide bonds. The van der Waals surface area contributed by atoms with Crippen LogP contribution in [0.2, 0.25) is 0 Å². The first-order chi connectivity index (χ1) is 12.2. The second kappa shape index (κ2) is 7.46. The van der Waals surface area contributed by atoms with Crippen LogP contribution in [0.5, 0.6) is 5.75 Å². The van der Waals surface area contributed by atoms with Gasteiger partial charge < -0.3 is 10.4 Å². The van der Waals surface area contributed by atoms with Gasteiger partial charge in [-0.3, -0.25) is 4.98 Å². The van der Waals surface area contributed by atoms with E-state index in [9.17, 15) is 5.11 Å². The molecular weight excluding hydrogens is 344 g/mol. The zero-order valence-corrected chi connectivity index (χ0v) is 15.1. The molecule has 1 heterocycles. The van der Waals surface area contributed by atoms with Gasteiger partial charge in [0.15, 0.2) is 0 Å². The van der Waals surface area contributed by atoms with Gasteiger partial charge in [-0.05, 0) is 41.8 Å². The zero-order chi connectivity index (χ0) is 17.2. The number of anilines is 2. The number of rotatable bonds is 3. The summed E-state index contributed by atoms with van der Waals surface area (Å²) in [4.78, 5) is 4.52. The summed E-state index contributed by atoms with van der Waals surface area (Å²) in [6, 6.07) is 23.9. The molecule has 0 aliphatic heterocycles. The number of phenols is 1. The Kier molecular flexibility index (Phi) is 5.10. The molecule has 4 aromatic rings. The lowest BCUT2D eigenvalue weighted by Gasteiger charge is -2.13. The summed E-state index contributed by atoms with van der Waals surface area (Å²) in [7, 11) is 0. The van der Waals surface area contributed by atoms with Crippen molar-refractivity contribution < 1.29 is 5.11 Å². The van der Waals surface area contributed by atoms with Gasteiger partial charge in [-0.25, -0.2) is 0 Å². The summed E-state index contributed by atoms with van der Waals surface area (Å²) >= 11 is 0. The third-order valence-electron chi connectivity index (χ3n) is 4.34. The molecule has 0 bridgehead atoms. The van der Waals surface area contributed by atoms with Crippen LogP contribution in [0, 0.1) is 6.92 Å². The zero-order valence-electron chi connectivity index (χ0n) is 14.3. The van der Waals surface area contributed by atoms with Crippen LogP contribution in [0.1, 0.15) is 5.56 Å². The first-order valence-electron chi connectivity index (χ1n) is 8.21. The van der Waals surface area contributed by atoms with E-state index in [1.165, 1.54) is 5.56 Å². The Bertz CT molecular complexity index is 1050. The van der Waals surface area contributed by atoms with Gasteiger partial charge in [-0.15, -0.1) is 12.4 Å². The highest BCUT2D eigenvalue weighted by atomic mass is 35.5. The van der Waals surface area contributed by atoms with Crippen LogP contribution in [-0.4, -0.2) is 10.1 Å². The van der Waals surface area contributed by atoms with Crippen molar-refractivity contribution in [2.75, 3.05) is 5.32 Å². The third-order valence-corrected chi connectivity index (χ3v) is 4.34. The number of halogens is 1. The van der Waals surface area contributed by atoms with Gasteiger partial charge in [0.05, 0.1) is 5.52 Å². The molecule has 2 N–H and O–H groups in total. The lowest BCUT2D eigenvalue weighted by atomic mass is 10.0. The van der Waals surface area contributed by atoms with Crippen molar-refractivity contribution in [1.82, 2.24) is 4.98 Å². The van der Waals surface area contributed by atoms with E-state index in [2.05, 4.69) is 40.6 Å². The van der Waals surface area contributed by atoms with Crippen molar-refractivity contribution in [3.05, 3.63) is 84.6 Å². The Morgan fingerprint density at radius 2 is 1.62 bits per heavy atom. The molecule has 0 aliphatic carbocycles. The average molecular weight is 363 g/mol. The van der Waals surface area contributed by atoms with Crippen molar-refractivity contribution >= 4 is 34.7 Å². The van der Waals surface area contributed by atoms with Crippen LogP contribution in [0.25, 0.3) is 22.0 Å². The van der Waals surface area contributed by atoms with Crippen LogP contribution in [0.15, 0.2) is 79.0 Å². The predicted octanol–water partition coefficient (Wildman–Crippen LogP) is 6.08. The van der Waals surface area contributed by atoms with E-state index in [-0.39, 0.29) is 18.2 Å². The predicted molar refractivity (Wildman–Crippen MR) is 111 cm³/mol. The van der Waals surface area contributed by atoms with Crippen LogP contribution in [0.4, 0.5) is 11.4 Å². The van der Waals surface area contributed by atoms with Gasteiger partial charge in [0, 0.05) is 29.0 Å². The molecule has 26 heavy (non-hydrogen) atoms. The van der Waals surface area contributed by atoms with Crippen molar-refractivity contribution in [1.29, 1.82) is 0 Å². The van der Waals surface area contributed by atoms with E-state index in [0.29, 0.717) is 0 Å². The highest BCUT2D eigenvalue weighted by Gasteiger charge is 2.07. The molecule has 4 rings (SSSR count). The van der Waals surface area contributed by atoms with Crippen molar-refractivity contribution in [3.8, 4) is 16.9 Å². The molecule has 1 aromatic heterocycles. The fourth-order valence-electron chi connectivity index (χ4n) is 2.96. The van der Waals surface area contributed by atoms with Crippen LogP contribution < -0.4 is 5.32 Å². The summed E-state index contributed by atoms with van der Waals surface area (Å²) in [5.41, 5.74) is 6.19. The van der Waals surface area contributed by atoms with E-state index in [1.807, 2.05) is 37.3 Å².